The van der Waals surface area contributed by atoms with Crippen LogP contribution in [-0.2, 0) is 14.3 Å². The van der Waals surface area contributed by atoms with Crippen LogP contribution in [0.5, 0.6) is 11.5 Å². The number of fused-ring (bicyclic) bond motifs is 2. The van der Waals surface area contributed by atoms with Crippen LogP contribution in [0.25, 0.3) is 21.5 Å². The molecule has 0 aliphatic heterocycles. The highest BCUT2D eigenvalue weighted by atomic mass is 16.7. The van der Waals surface area contributed by atoms with E-state index in [9.17, 15) is 14.4 Å². The van der Waals surface area contributed by atoms with E-state index in [1.807, 2.05) is 31.2 Å². The van der Waals surface area contributed by atoms with Crippen LogP contribution >= 0.6 is 0 Å². The van der Waals surface area contributed by atoms with E-state index in [0.29, 0.717) is 29.9 Å². The number of benzene rings is 4. The van der Waals surface area contributed by atoms with Crippen molar-refractivity contribution in [3.63, 3.8) is 0 Å². The molecule has 4 aromatic rings. The SMILES string of the molecule is C=CC(=O)OCCCCOC(=O)Oc1ccc2cc(C(=O)Oc3ccc4cc(C)ccc4c3)ccc2c1. The maximum Gasteiger partial charge on any atom is 0.513 e. The summed E-state index contributed by atoms with van der Waals surface area (Å²) < 4.78 is 20.7. The van der Waals surface area contributed by atoms with Crippen molar-refractivity contribution in [3.8, 4) is 11.5 Å². The quantitative estimate of drug-likeness (QED) is 0.0850. The Kier molecular flexibility index (Phi) is 8.15. The molecule has 0 aromatic heterocycles. The first kappa shape index (κ1) is 25.4. The van der Waals surface area contributed by atoms with Gasteiger partial charge in [-0.15, -0.1) is 0 Å². The Morgan fingerprint density at radius 3 is 1.97 bits per heavy atom. The summed E-state index contributed by atoms with van der Waals surface area (Å²) in [6.45, 7) is 5.71. The molecule has 0 amide bonds. The van der Waals surface area contributed by atoms with Gasteiger partial charge in [0.1, 0.15) is 11.5 Å². The maximum absolute atomic E-state index is 12.7. The average molecular weight is 499 g/mol. The summed E-state index contributed by atoms with van der Waals surface area (Å²) in [7, 11) is 0. The van der Waals surface area contributed by atoms with Crippen molar-refractivity contribution in [1.29, 1.82) is 0 Å². The lowest BCUT2D eigenvalue weighted by atomic mass is 10.1. The second-order valence-electron chi connectivity index (χ2n) is 8.40. The van der Waals surface area contributed by atoms with Gasteiger partial charge >= 0.3 is 18.1 Å². The van der Waals surface area contributed by atoms with Gasteiger partial charge in [-0.3, -0.25) is 0 Å². The van der Waals surface area contributed by atoms with Crippen LogP contribution in [-0.4, -0.2) is 31.3 Å². The Hall–Kier alpha value is -4.65. The summed E-state index contributed by atoms with van der Waals surface area (Å²) in [5, 5.41) is 3.65. The maximum atomic E-state index is 12.7. The monoisotopic (exact) mass is 498 g/mol. The van der Waals surface area contributed by atoms with E-state index in [1.54, 1.807) is 42.5 Å². The van der Waals surface area contributed by atoms with E-state index in [4.69, 9.17) is 18.9 Å². The number of carbonyl (C=O) groups is 3. The zero-order valence-electron chi connectivity index (χ0n) is 20.4. The van der Waals surface area contributed by atoms with Crippen LogP contribution in [0.2, 0.25) is 0 Å². The van der Waals surface area contributed by atoms with Crippen molar-refractivity contribution in [2.45, 2.75) is 19.8 Å². The largest absolute Gasteiger partial charge is 0.513 e. The van der Waals surface area contributed by atoms with Crippen LogP contribution in [0.1, 0.15) is 28.8 Å². The average Bonchev–Trinajstić information content (AvgIpc) is 2.90. The van der Waals surface area contributed by atoms with Crippen molar-refractivity contribution in [2.24, 2.45) is 0 Å². The van der Waals surface area contributed by atoms with E-state index < -0.39 is 18.1 Å². The third kappa shape index (κ3) is 6.95. The van der Waals surface area contributed by atoms with Crippen molar-refractivity contribution in [1.82, 2.24) is 0 Å². The molecule has 0 saturated carbocycles. The highest BCUT2D eigenvalue weighted by molar-refractivity contribution is 5.97. The molecule has 0 saturated heterocycles. The zero-order valence-corrected chi connectivity index (χ0v) is 20.4. The van der Waals surface area contributed by atoms with E-state index >= 15 is 0 Å². The van der Waals surface area contributed by atoms with Gasteiger partial charge in [0.25, 0.3) is 0 Å². The number of aryl methyl sites for hydroxylation is 1. The third-order valence-corrected chi connectivity index (χ3v) is 5.60. The fourth-order valence-corrected chi connectivity index (χ4v) is 3.70. The molecule has 0 bridgehead atoms. The topological polar surface area (TPSA) is 88.1 Å². The van der Waals surface area contributed by atoms with Crippen LogP contribution in [0.3, 0.4) is 0 Å². The Morgan fingerprint density at radius 2 is 1.27 bits per heavy atom. The van der Waals surface area contributed by atoms with E-state index in [0.717, 1.165) is 27.6 Å². The zero-order chi connectivity index (χ0) is 26.2. The molecule has 37 heavy (non-hydrogen) atoms. The minimum Gasteiger partial charge on any atom is -0.463 e. The van der Waals surface area contributed by atoms with Gasteiger partial charge in [-0.25, -0.2) is 14.4 Å². The molecule has 7 heteroatoms. The molecule has 4 rings (SSSR count). The normalized spacial score (nSPS) is 10.6. The molecule has 0 spiro atoms. The number of ether oxygens (including phenoxy) is 4. The lowest BCUT2D eigenvalue weighted by molar-refractivity contribution is -0.137. The summed E-state index contributed by atoms with van der Waals surface area (Å²) in [5.41, 5.74) is 1.57. The molecule has 0 fully saturated rings. The predicted octanol–water partition coefficient (Wildman–Crippen LogP) is 6.55. The lowest BCUT2D eigenvalue weighted by Gasteiger charge is -2.09. The number of carbonyl (C=O) groups excluding carboxylic acids is 3. The second-order valence-corrected chi connectivity index (χ2v) is 8.40. The van der Waals surface area contributed by atoms with E-state index in [2.05, 4.69) is 12.6 Å². The summed E-state index contributed by atoms with van der Waals surface area (Å²) >= 11 is 0. The van der Waals surface area contributed by atoms with Crippen LogP contribution in [0.4, 0.5) is 4.79 Å². The number of unbranched alkanes of at least 4 members (excludes halogenated alkanes) is 1. The first-order valence-electron chi connectivity index (χ1n) is 11.8. The highest BCUT2D eigenvalue weighted by Gasteiger charge is 2.12. The minimum absolute atomic E-state index is 0.139. The van der Waals surface area contributed by atoms with Gasteiger partial charge in [-0.2, -0.15) is 0 Å². The Morgan fingerprint density at radius 1 is 0.703 bits per heavy atom. The van der Waals surface area contributed by atoms with Gasteiger partial charge in [-0.05, 0) is 77.7 Å². The summed E-state index contributed by atoms with van der Waals surface area (Å²) in [6.07, 6.45) is 1.34. The summed E-state index contributed by atoms with van der Waals surface area (Å²) in [5.74, 6) is -0.155. The molecule has 0 atom stereocenters. The molecule has 188 valence electrons. The van der Waals surface area contributed by atoms with Gasteiger partial charge < -0.3 is 18.9 Å². The Bertz CT molecular complexity index is 1470. The van der Waals surface area contributed by atoms with Gasteiger partial charge in [0.15, 0.2) is 0 Å². The number of hydrogen-bond donors (Lipinski definition) is 0. The second kappa shape index (κ2) is 11.9. The molecule has 0 radical (unpaired) electrons. The molecule has 0 heterocycles. The molecular weight excluding hydrogens is 472 g/mol. The van der Waals surface area contributed by atoms with Gasteiger partial charge in [0.05, 0.1) is 18.8 Å². The molecular formula is C30H26O7. The minimum atomic E-state index is -0.826. The van der Waals surface area contributed by atoms with E-state index in [-0.39, 0.29) is 13.2 Å². The fourth-order valence-electron chi connectivity index (χ4n) is 3.70. The molecule has 4 aromatic carbocycles. The third-order valence-electron chi connectivity index (χ3n) is 5.60. The standard InChI is InChI=1S/C30H26O7/c1-3-28(31)34-14-4-5-15-35-30(33)37-27-13-11-22-17-25(9-8-24(22)19-27)29(32)36-26-12-10-21-16-20(2)6-7-23(21)18-26/h3,6-13,16-19H,1,4-5,14-15H2,2H3. The number of hydrogen-bond acceptors (Lipinski definition) is 7. The highest BCUT2D eigenvalue weighted by Crippen LogP contribution is 2.25. The first-order valence-corrected chi connectivity index (χ1v) is 11.8. The van der Waals surface area contributed by atoms with Crippen molar-refractivity contribution in [3.05, 3.63) is 96.6 Å². The Labute approximate surface area is 214 Å². The van der Waals surface area contributed by atoms with Crippen molar-refractivity contribution >= 4 is 39.6 Å². The molecule has 7 nitrogen and oxygen atoms in total. The van der Waals surface area contributed by atoms with Gasteiger partial charge in [-0.1, -0.05) is 48.5 Å². The van der Waals surface area contributed by atoms with Gasteiger partial charge in [0.2, 0.25) is 0 Å². The van der Waals surface area contributed by atoms with E-state index in [1.165, 1.54) is 5.56 Å². The summed E-state index contributed by atoms with van der Waals surface area (Å²) in [4.78, 5) is 35.6. The summed E-state index contributed by atoms with van der Waals surface area (Å²) in [6, 6.07) is 21.9. The van der Waals surface area contributed by atoms with Crippen LogP contribution < -0.4 is 9.47 Å². The number of rotatable bonds is 9. The Balaban J connectivity index is 1.31. The molecule has 0 aliphatic rings. The molecule has 0 aliphatic carbocycles. The van der Waals surface area contributed by atoms with Gasteiger partial charge in [0, 0.05) is 6.08 Å². The van der Waals surface area contributed by atoms with Crippen molar-refractivity contribution < 1.29 is 33.3 Å². The van der Waals surface area contributed by atoms with Crippen LogP contribution in [0, 0.1) is 6.92 Å². The molecule has 0 N–H and O–H groups in total. The smallest absolute Gasteiger partial charge is 0.463 e. The first-order chi connectivity index (χ1) is 17.9. The van der Waals surface area contributed by atoms with Crippen molar-refractivity contribution in [2.75, 3.05) is 13.2 Å². The lowest BCUT2D eigenvalue weighted by Crippen LogP contribution is -2.12. The number of esters is 2. The molecule has 0 unspecified atom stereocenters. The predicted molar refractivity (Wildman–Crippen MR) is 140 cm³/mol. The van der Waals surface area contributed by atoms with Crippen LogP contribution in [0.15, 0.2) is 85.5 Å². The fraction of sp³-hybridized carbons (Fsp3) is 0.167.